The van der Waals surface area contributed by atoms with Crippen molar-refractivity contribution in [2.24, 2.45) is 0 Å². The predicted molar refractivity (Wildman–Crippen MR) is 80.3 cm³/mol. The number of nitrogens with zero attached hydrogens (tertiary/aromatic N) is 3. The number of fused-ring (bicyclic) bond motifs is 2. The number of hydrogen-bond donors (Lipinski definition) is 0. The second-order valence-electron chi connectivity index (χ2n) is 5.56. The Morgan fingerprint density at radius 1 is 1.26 bits per heavy atom. The molecule has 0 radical (unpaired) electrons. The minimum absolute atomic E-state index is 0.676. The van der Waals surface area contributed by atoms with Gasteiger partial charge in [0.15, 0.2) is 0 Å². The zero-order valence-electron chi connectivity index (χ0n) is 11.1. The number of anilines is 1. The van der Waals surface area contributed by atoms with Gasteiger partial charge in [-0.05, 0) is 60.4 Å². The topological polar surface area (TPSA) is 30.3 Å². The van der Waals surface area contributed by atoms with E-state index >= 15 is 0 Å². The van der Waals surface area contributed by atoms with E-state index in [9.17, 15) is 0 Å². The SMILES string of the molecule is CN1C2CCC1CN(c1ccc(C#N)cc1Br)CC2. The second kappa shape index (κ2) is 5.15. The minimum atomic E-state index is 0.676. The second-order valence-corrected chi connectivity index (χ2v) is 6.42. The zero-order chi connectivity index (χ0) is 13.4. The van der Waals surface area contributed by atoms with Crippen LogP contribution in [0.2, 0.25) is 0 Å². The van der Waals surface area contributed by atoms with Crippen LogP contribution in [0.1, 0.15) is 24.8 Å². The van der Waals surface area contributed by atoms with Crippen molar-refractivity contribution in [1.82, 2.24) is 4.90 Å². The summed E-state index contributed by atoms with van der Waals surface area (Å²) < 4.78 is 1.03. The molecule has 2 atom stereocenters. The molecule has 1 aromatic rings. The molecule has 0 spiro atoms. The molecule has 19 heavy (non-hydrogen) atoms. The molecule has 0 aromatic heterocycles. The summed E-state index contributed by atoms with van der Waals surface area (Å²) in [7, 11) is 2.26. The largest absolute Gasteiger partial charge is 0.369 e. The molecule has 2 fully saturated rings. The summed E-state index contributed by atoms with van der Waals surface area (Å²) in [6.07, 6.45) is 3.90. The minimum Gasteiger partial charge on any atom is -0.369 e. The highest BCUT2D eigenvalue weighted by Crippen LogP contribution is 2.34. The van der Waals surface area contributed by atoms with Gasteiger partial charge in [-0.3, -0.25) is 4.90 Å². The molecular formula is C15H18BrN3. The third-order valence-corrected chi connectivity index (χ3v) is 5.20. The normalized spacial score (nSPS) is 27.1. The smallest absolute Gasteiger partial charge is 0.0992 e. The lowest BCUT2D eigenvalue weighted by Crippen LogP contribution is -2.36. The molecule has 2 aliphatic heterocycles. The average Bonchev–Trinajstić information content (AvgIpc) is 2.64. The monoisotopic (exact) mass is 319 g/mol. The maximum Gasteiger partial charge on any atom is 0.0992 e. The number of likely N-dealkylation sites (N-methyl/N-ethyl adjacent to an activating group) is 1. The van der Waals surface area contributed by atoms with Crippen molar-refractivity contribution in [3.63, 3.8) is 0 Å². The Hall–Kier alpha value is -1.05. The van der Waals surface area contributed by atoms with Crippen LogP contribution in [-0.2, 0) is 0 Å². The van der Waals surface area contributed by atoms with E-state index in [1.165, 1.54) is 24.9 Å². The zero-order valence-corrected chi connectivity index (χ0v) is 12.7. The van der Waals surface area contributed by atoms with E-state index in [1.807, 2.05) is 12.1 Å². The van der Waals surface area contributed by atoms with Gasteiger partial charge in [0.05, 0.1) is 17.3 Å². The van der Waals surface area contributed by atoms with Gasteiger partial charge in [0.2, 0.25) is 0 Å². The molecule has 100 valence electrons. The van der Waals surface area contributed by atoms with Gasteiger partial charge in [-0.25, -0.2) is 0 Å². The van der Waals surface area contributed by atoms with Gasteiger partial charge in [-0.2, -0.15) is 5.26 Å². The Morgan fingerprint density at radius 3 is 2.79 bits per heavy atom. The van der Waals surface area contributed by atoms with Gasteiger partial charge in [0, 0.05) is 29.6 Å². The van der Waals surface area contributed by atoms with Gasteiger partial charge >= 0.3 is 0 Å². The standard InChI is InChI=1S/C15H18BrN3/c1-18-12-3-4-13(18)10-19(7-6-12)15-5-2-11(9-17)8-14(15)16/h2,5,8,12-13H,3-4,6-7,10H2,1H3. The van der Waals surface area contributed by atoms with Gasteiger partial charge in [-0.15, -0.1) is 0 Å². The highest BCUT2D eigenvalue weighted by molar-refractivity contribution is 9.10. The first-order chi connectivity index (χ1) is 9.19. The molecule has 2 aliphatic rings. The molecule has 2 saturated heterocycles. The molecule has 2 heterocycles. The first-order valence-corrected chi connectivity index (χ1v) is 7.65. The van der Waals surface area contributed by atoms with E-state index in [0.29, 0.717) is 11.6 Å². The van der Waals surface area contributed by atoms with Crippen molar-refractivity contribution in [2.75, 3.05) is 25.0 Å². The Bertz CT molecular complexity index is 523. The summed E-state index contributed by atoms with van der Waals surface area (Å²) in [5.41, 5.74) is 1.93. The van der Waals surface area contributed by atoms with Gasteiger partial charge in [-0.1, -0.05) is 0 Å². The van der Waals surface area contributed by atoms with Crippen LogP contribution in [0.25, 0.3) is 0 Å². The van der Waals surface area contributed by atoms with E-state index < -0.39 is 0 Å². The van der Waals surface area contributed by atoms with Crippen LogP contribution in [0, 0.1) is 11.3 Å². The van der Waals surface area contributed by atoms with Crippen molar-refractivity contribution in [3.05, 3.63) is 28.2 Å². The average molecular weight is 320 g/mol. The lowest BCUT2D eigenvalue weighted by atomic mass is 10.1. The summed E-state index contributed by atoms with van der Waals surface area (Å²) in [5.74, 6) is 0. The molecule has 3 rings (SSSR count). The molecule has 0 aliphatic carbocycles. The van der Waals surface area contributed by atoms with Crippen LogP contribution < -0.4 is 4.90 Å². The van der Waals surface area contributed by atoms with E-state index in [4.69, 9.17) is 5.26 Å². The lowest BCUT2D eigenvalue weighted by molar-refractivity contribution is 0.254. The summed E-state index contributed by atoms with van der Waals surface area (Å²) >= 11 is 3.61. The van der Waals surface area contributed by atoms with Crippen molar-refractivity contribution < 1.29 is 0 Å². The number of halogens is 1. The molecule has 0 N–H and O–H groups in total. The van der Waals surface area contributed by atoms with Gasteiger partial charge < -0.3 is 4.90 Å². The van der Waals surface area contributed by atoms with Crippen LogP contribution in [0.15, 0.2) is 22.7 Å². The molecule has 1 aromatic carbocycles. The Morgan fingerprint density at radius 2 is 2.05 bits per heavy atom. The van der Waals surface area contributed by atoms with E-state index in [2.05, 4.69) is 44.9 Å². The number of rotatable bonds is 1. The lowest BCUT2D eigenvalue weighted by Gasteiger charge is -2.28. The van der Waals surface area contributed by atoms with Crippen LogP contribution in [0.4, 0.5) is 5.69 Å². The highest BCUT2D eigenvalue weighted by atomic mass is 79.9. The third kappa shape index (κ3) is 2.37. The van der Waals surface area contributed by atoms with Crippen LogP contribution in [0.3, 0.4) is 0 Å². The fourth-order valence-electron chi connectivity index (χ4n) is 3.36. The Balaban J connectivity index is 1.85. The Labute approximate surface area is 122 Å². The van der Waals surface area contributed by atoms with Crippen molar-refractivity contribution in [3.8, 4) is 6.07 Å². The van der Waals surface area contributed by atoms with Crippen molar-refractivity contribution in [2.45, 2.75) is 31.3 Å². The molecular weight excluding hydrogens is 302 g/mol. The molecule has 0 amide bonds. The Kier molecular flexibility index (Phi) is 3.51. The number of nitriles is 1. The van der Waals surface area contributed by atoms with E-state index in [-0.39, 0.29) is 0 Å². The van der Waals surface area contributed by atoms with E-state index in [0.717, 1.165) is 23.6 Å². The van der Waals surface area contributed by atoms with Crippen LogP contribution >= 0.6 is 15.9 Å². The number of benzene rings is 1. The summed E-state index contributed by atoms with van der Waals surface area (Å²) in [6, 6.07) is 9.52. The predicted octanol–water partition coefficient (Wildman–Crippen LogP) is 2.99. The molecule has 2 unspecified atom stereocenters. The highest BCUT2D eigenvalue weighted by Gasteiger charge is 2.34. The first kappa shape index (κ1) is 13.0. The maximum atomic E-state index is 8.94. The molecule has 0 saturated carbocycles. The first-order valence-electron chi connectivity index (χ1n) is 6.85. The molecule has 4 heteroatoms. The fraction of sp³-hybridized carbons (Fsp3) is 0.533. The van der Waals surface area contributed by atoms with Crippen LogP contribution in [-0.4, -0.2) is 37.1 Å². The fourth-order valence-corrected chi connectivity index (χ4v) is 3.99. The summed E-state index contributed by atoms with van der Waals surface area (Å²) in [6.45, 7) is 2.20. The van der Waals surface area contributed by atoms with Crippen molar-refractivity contribution >= 4 is 21.6 Å². The van der Waals surface area contributed by atoms with Crippen molar-refractivity contribution in [1.29, 1.82) is 5.26 Å². The van der Waals surface area contributed by atoms with E-state index in [1.54, 1.807) is 0 Å². The molecule has 2 bridgehead atoms. The third-order valence-electron chi connectivity index (χ3n) is 4.57. The number of hydrogen-bond acceptors (Lipinski definition) is 3. The maximum absolute atomic E-state index is 8.94. The van der Waals surface area contributed by atoms with Crippen LogP contribution in [0.5, 0.6) is 0 Å². The molecule has 3 nitrogen and oxygen atoms in total. The van der Waals surface area contributed by atoms with Gasteiger partial charge in [0.1, 0.15) is 0 Å². The summed E-state index contributed by atoms with van der Waals surface area (Å²) in [5, 5.41) is 8.94. The quantitative estimate of drug-likeness (QED) is 0.797. The van der Waals surface area contributed by atoms with Gasteiger partial charge in [0.25, 0.3) is 0 Å². The summed E-state index contributed by atoms with van der Waals surface area (Å²) in [4.78, 5) is 5.02.